The van der Waals surface area contributed by atoms with Crippen LogP contribution >= 0.6 is 11.3 Å². The molecule has 0 radical (unpaired) electrons. The largest absolute Gasteiger partial charge is 0.493 e. The minimum absolute atomic E-state index is 0.0655. The second-order valence-electron chi connectivity index (χ2n) is 10.2. The molecule has 0 bridgehead atoms. The fraction of sp³-hybridized carbons (Fsp3) is 0.333. The molecule has 1 heterocycles. The monoisotopic (exact) mass is 524 g/mol. The molecule has 38 heavy (non-hydrogen) atoms. The second-order valence-corrected chi connectivity index (χ2v) is 11.3. The highest BCUT2D eigenvalue weighted by molar-refractivity contribution is 7.16. The Kier molecular flexibility index (Phi) is 8.23. The van der Waals surface area contributed by atoms with E-state index in [2.05, 4.69) is 42.6 Å². The number of carbonyl (C=O) groups excluding carboxylic acids is 1. The molecule has 5 rings (SSSR count). The van der Waals surface area contributed by atoms with Crippen LogP contribution in [0.15, 0.2) is 59.6 Å². The summed E-state index contributed by atoms with van der Waals surface area (Å²) < 4.78 is 6.11. The van der Waals surface area contributed by atoms with Crippen molar-refractivity contribution in [1.82, 2.24) is 0 Å². The molecule has 1 aromatic heterocycles. The molecule has 1 aliphatic carbocycles. The minimum Gasteiger partial charge on any atom is -0.493 e. The zero-order valence-corrected chi connectivity index (χ0v) is 23.4. The second kappa shape index (κ2) is 12.0. The number of carbonyl (C=O) groups is 1. The molecule has 3 aromatic carbocycles. The zero-order valence-electron chi connectivity index (χ0n) is 22.6. The van der Waals surface area contributed by atoms with E-state index >= 15 is 0 Å². The molecule has 1 aliphatic rings. The minimum atomic E-state index is -0.0655. The van der Waals surface area contributed by atoms with Gasteiger partial charge in [0.1, 0.15) is 10.8 Å². The first kappa shape index (κ1) is 26.2. The molecule has 0 fully saturated rings. The van der Waals surface area contributed by atoms with Gasteiger partial charge in [-0.1, -0.05) is 62.2 Å². The van der Waals surface area contributed by atoms with Crippen molar-refractivity contribution in [3.8, 4) is 5.75 Å². The molecule has 0 saturated heterocycles. The van der Waals surface area contributed by atoms with Crippen LogP contribution in [0.2, 0.25) is 0 Å². The first-order valence-corrected chi connectivity index (χ1v) is 14.6. The third-order valence-electron chi connectivity index (χ3n) is 7.22. The summed E-state index contributed by atoms with van der Waals surface area (Å²) in [6.45, 7) is 6.84. The highest BCUT2D eigenvalue weighted by atomic mass is 32.1. The number of aliphatic imine (C=N–C) groups is 1. The number of fused-ring (bicyclic) bond motifs is 2. The Labute approximate surface area is 229 Å². The van der Waals surface area contributed by atoms with E-state index < -0.39 is 0 Å². The van der Waals surface area contributed by atoms with Crippen molar-refractivity contribution >= 4 is 44.9 Å². The van der Waals surface area contributed by atoms with Gasteiger partial charge in [-0.2, -0.15) is 0 Å². The number of anilines is 1. The first-order chi connectivity index (χ1) is 18.5. The van der Waals surface area contributed by atoms with E-state index in [9.17, 15) is 4.79 Å². The summed E-state index contributed by atoms with van der Waals surface area (Å²) in [5, 5.41) is 6.24. The third-order valence-corrected chi connectivity index (χ3v) is 8.42. The van der Waals surface area contributed by atoms with E-state index in [1.54, 1.807) is 11.3 Å². The van der Waals surface area contributed by atoms with Crippen LogP contribution in [0.1, 0.15) is 76.5 Å². The number of amides is 1. The highest BCUT2D eigenvalue weighted by Crippen LogP contribution is 2.40. The molecule has 5 heteroatoms. The van der Waals surface area contributed by atoms with Crippen molar-refractivity contribution in [2.24, 2.45) is 4.99 Å². The number of rotatable bonds is 7. The molecule has 0 saturated carbocycles. The summed E-state index contributed by atoms with van der Waals surface area (Å²) in [5.74, 6) is 0.759. The predicted molar refractivity (Wildman–Crippen MR) is 161 cm³/mol. The van der Waals surface area contributed by atoms with Gasteiger partial charge < -0.3 is 10.1 Å². The average Bonchev–Trinajstić information content (AvgIpc) is 3.24. The van der Waals surface area contributed by atoms with Gasteiger partial charge in [0, 0.05) is 22.3 Å². The molecule has 4 nitrogen and oxygen atoms in total. The quantitative estimate of drug-likeness (QED) is 0.245. The SMILES string of the molecule is CCCOc1ccc2ccccc2c1C=Nc1sc2c(c1C(=O)Nc1cc(C)ccc1C)CCCCCC2. The van der Waals surface area contributed by atoms with Crippen molar-refractivity contribution in [1.29, 1.82) is 0 Å². The summed E-state index contributed by atoms with van der Waals surface area (Å²) >= 11 is 1.68. The van der Waals surface area contributed by atoms with Crippen LogP contribution in [0.4, 0.5) is 10.7 Å². The zero-order chi connectivity index (χ0) is 26.5. The maximum atomic E-state index is 13.9. The van der Waals surface area contributed by atoms with Crippen molar-refractivity contribution in [3.05, 3.63) is 87.3 Å². The molecule has 0 atom stereocenters. The average molecular weight is 525 g/mol. The molecular weight excluding hydrogens is 488 g/mol. The van der Waals surface area contributed by atoms with Crippen molar-refractivity contribution < 1.29 is 9.53 Å². The van der Waals surface area contributed by atoms with Crippen LogP contribution in [0, 0.1) is 13.8 Å². The van der Waals surface area contributed by atoms with Crippen molar-refractivity contribution in [3.63, 3.8) is 0 Å². The maximum Gasteiger partial charge on any atom is 0.259 e. The normalized spacial score (nSPS) is 13.8. The number of ether oxygens (including phenoxy) is 1. The fourth-order valence-corrected chi connectivity index (χ4v) is 6.39. The van der Waals surface area contributed by atoms with Crippen LogP contribution in [0.25, 0.3) is 10.8 Å². The predicted octanol–water partition coefficient (Wildman–Crippen LogP) is 8.97. The van der Waals surface area contributed by atoms with Crippen LogP contribution in [0.5, 0.6) is 5.75 Å². The van der Waals surface area contributed by atoms with Crippen molar-refractivity contribution in [2.75, 3.05) is 11.9 Å². The number of hydrogen-bond acceptors (Lipinski definition) is 4. The Morgan fingerprint density at radius 3 is 2.68 bits per heavy atom. The molecule has 1 amide bonds. The number of benzene rings is 3. The van der Waals surface area contributed by atoms with E-state index in [-0.39, 0.29) is 5.91 Å². The van der Waals surface area contributed by atoms with E-state index in [1.807, 2.05) is 44.3 Å². The van der Waals surface area contributed by atoms with Gasteiger partial charge in [-0.25, -0.2) is 4.99 Å². The third kappa shape index (κ3) is 5.68. The summed E-state index contributed by atoms with van der Waals surface area (Å²) in [4.78, 5) is 20.2. The van der Waals surface area contributed by atoms with Crippen LogP contribution in [0.3, 0.4) is 0 Å². The Balaban J connectivity index is 1.59. The number of nitrogens with zero attached hydrogens (tertiary/aromatic N) is 1. The van der Waals surface area contributed by atoms with Gasteiger partial charge in [-0.15, -0.1) is 11.3 Å². The first-order valence-electron chi connectivity index (χ1n) is 13.8. The van der Waals surface area contributed by atoms with E-state index in [1.165, 1.54) is 23.3 Å². The van der Waals surface area contributed by atoms with E-state index in [0.29, 0.717) is 6.61 Å². The van der Waals surface area contributed by atoms with Crippen LogP contribution < -0.4 is 10.1 Å². The molecule has 196 valence electrons. The Morgan fingerprint density at radius 1 is 1.03 bits per heavy atom. The van der Waals surface area contributed by atoms with Crippen LogP contribution in [-0.2, 0) is 12.8 Å². The van der Waals surface area contributed by atoms with Gasteiger partial charge in [0.15, 0.2) is 0 Å². The lowest BCUT2D eigenvalue weighted by atomic mass is 9.96. The Morgan fingerprint density at radius 2 is 1.84 bits per heavy atom. The van der Waals surface area contributed by atoms with Crippen molar-refractivity contribution in [2.45, 2.75) is 65.7 Å². The molecular formula is C33H36N2O2S. The van der Waals surface area contributed by atoms with Gasteiger partial charge in [0.25, 0.3) is 5.91 Å². The molecule has 0 aliphatic heterocycles. The fourth-order valence-electron chi connectivity index (χ4n) is 5.16. The van der Waals surface area contributed by atoms with Gasteiger partial charge in [-0.05, 0) is 85.5 Å². The number of aryl methyl sites for hydroxylation is 3. The van der Waals surface area contributed by atoms with Gasteiger partial charge >= 0.3 is 0 Å². The summed E-state index contributed by atoms with van der Waals surface area (Å²) in [7, 11) is 0. The van der Waals surface area contributed by atoms with Gasteiger partial charge in [0.2, 0.25) is 0 Å². The number of thiophene rings is 1. The maximum absolute atomic E-state index is 13.9. The molecule has 0 spiro atoms. The summed E-state index contributed by atoms with van der Waals surface area (Å²) in [5.41, 5.74) is 5.92. The van der Waals surface area contributed by atoms with Gasteiger partial charge in [-0.3, -0.25) is 4.79 Å². The topological polar surface area (TPSA) is 50.7 Å². The lowest BCUT2D eigenvalue weighted by Gasteiger charge is -2.13. The summed E-state index contributed by atoms with van der Waals surface area (Å²) in [6, 6.07) is 18.6. The number of nitrogens with one attached hydrogen (secondary N) is 1. The number of hydrogen-bond donors (Lipinski definition) is 1. The van der Waals surface area contributed by atoms with E-state index in [0.717, 1.165) is 81.6 Å². The van der Waals surface area contributed by atoms with Gasteiger partial charge in [0.05, 0.1) is 12.2 Å². The smallest absolute Gasteiger partial charge is 0.259 e. The lowest BCUT2D eigenvalue weighted by molar-refractivity contribution is 0.102. The highest BCUT2D eigenvalue weighted by Gasteiger charge is 2.24. The summed E-state index contributed by atoms with van der Waals surface area (Å²) in [6.07, 6.45) is 9.50. The molecule has 1 N–H and O–H groups in total. The Hall–Kier alpha value is -3.44. The molecule has 0 unspecified atom stereocenters. The Bertz CT molecular complexity index is 1480. The lowest BCUT2D eigenvalue weighted by Crippen LogP contribution is -2.15. The van der Waals surface area contributed by atoms with Crippen LogP contribution in [-0.4, -0.2) is 18.7 Å². The standard InChI is InChI=1S/C33H36N2O2S/c1-4-19-37-29-18-17-24-11-9-10-12-25(24)27(29)21-34-33-31(26-13-7-5-6-8-14-30(26)38-33)32(36)35-28-20-22(2)15-16-23(28)3/h9-12,15-18,20-21H,4-8,13-14,19H2,1-3H3,(H,35,36). The molecule has 4 aromatic rings. The van der Waals surface area contributed by atoms with E-state index in [4.69, 9.17) is 9.73 Å².